The lowest BCUT2D eigenvalue weighted by molar-refractivity contribution is 0.0961. The highest BCUT2D eigenvalue weighted by Gasteiger charge is 2.26. The Hall–Kier alpha value is -3.04. The summed E-state index contributed by atoms with van der Waals surface area (Å²) < 4.78 is 76.6. The van der Waals surface area contributed by atoms with Gasteiger partial charge in [-0.05, 0) is 19.1 Å². The normalized spacial score (nSPS) is 10.5. The Kier molecular flexibility index (Phi) is 5.53. The minimum Gasteiger partial charge on any atom is -0.496 e. The van der Waals surface area contributed by atoms with Crippen molar-refractivity contribution in [3.05, 3.63) is 52.3 Å². The SMILES string of the molecule is COc1cc(C(=O)NNc2c(F)c(F)c(F)c(F)c2F)cc(OC)c1C. The van der Waals surface area contributed by atoms with Crippen LogP contribution in [0.3, 0.4) is 0 Å². The molecule has 1 amide bonds. The molecule has 0 spiro atoms. The van der Waals surface area contributed by atoms with E-state index in [0.717, 1.165) is 0 Å². The molecule has 2 aromatic carbocycles. The first-order valence-electron chi connectivity index (χ1n) is 7.03. The predicted molar refractivity (Wildman–Crippen MR) is 81.6 cm³/mol. The van der Waals surface area contributed by atoms with Crippen molar-refractivity contribution >= 4 is 11.6 Å². The van der Waals surface area contributed by atoms with E-state index in [2.05, 4.69) is 0 Å². The van der Waals surface area contributed by atoms with Crippen LogP contribution in [0.2, 0.25) is 0 Å². The first-order chi connectivity index (χ1) is 12.2. The van der Waals surface area contributed by atoms with Gasteiger partial charge in [0.2, 0.25) is 5.82 Å². The predicted octanol–water partition coefficient (Wildman–Crippen LogP) is 3.46. The van der Waals surface area contributed by atoms with Gasteiger partial charge >= 0.3 is 0 Å². The Bertz CT molecular complexity index is 819. The molecular weight excluding hydrogens is 363 g/mol. The van der Waals surface area contributed by atoms with E-state index in [4.69, 9.17) is 9.47 Å². The van der Waals surface area contributed by atoms with E-state index in [1.165, 1.54) is 26.4 Å². The molecule has 2 aromatic rings. The lowest BCUT2D eigenvalue weighted by atomic mass is 10.1. The summed E-state index contributed by atoms with van der Waals surface area (Å²) in [6.07, 6.45) is 0. The minimum absolute atomic E-state index is 0.0410. The molecule has 0 fully saturated rings. The molecule has 2 rings (SSSR count). The third-order valence-corrected chi connectivity index (χ3v) is 3.53. The van der Waals surface area contributed by atoms with E-state index in [0.29, 0.717) is 17.1 Å². The number of hydrogen-bond acceptors (Lipinski definition) is 4. The molecule has 0 heterocycles. The molecule has 0 aliphatic carbocycles. The number of benzene rings is 2. The second-order valence-electron chi connectivity index (χ2n) is 5.03. The Morgan fingerprint density at radius 2 is 1.27 bits per heavy atom. The van der Waals surface area contributed by atoms with E-state index in [1.807, 2.05) is 5.43 Å². The lowest BCUT2D eigenvalue weighted by Gasteiger charge is -2.14. The Labute approximate surface area is 144 Å². The van der Waals surface area contributed by atoms with Crippen LogP contribution in [-0.2, 0) is 0 Å². The Balaban J connectivity index is 2.31. The fourth-order valence-electron chi connectivity index (χ4n) is 2.12. The van der Waals surface area contributed by atoms with Gasteiger partial charge in [-0.2, -0.15) is 0 Å². The molecule has 140 valence electrons. The van der Waals surface area contributed by atoms with Crippen molar-refractivity contribution in [2.75, 3.05) is 19.6 Å². The highest BCUT2D eigenvalue weighted by Crippen LogP contribution is 2.30. The average molecular weight is 376 g/mol. The molecular formula is C16H13F5N2O3. The van der Waals surface area contributed by atoms with Gasteiger partial charge in [-0.1, -0.05) is 0 Å². The number of carbonyl (C=O) groups excluding carboxylic acids is 1. The molecule has 0 bridgehead atoms. The van der Waals surface area contributed by atoms with Crippen molar-refractivity contribution in [1.29, 1.82) is 0 Å². The Morgan fingerprint density at radius 3 is 1.69 bits per heavy atom. The zero-order valence-electron chi connectivity index (χ0n) is 13.8. The van der Waals surface area contributed by atoms with Crippen LogP contribution >= 0.6 is 0 Å². The maximum Gasteiger partial charge on any atom is 0.269 e. The van der Waals surface area contributed by atoms with E-state index >= 15 is 0 Å². The van der Waals surface area contributed by atoms with Gasteiger partial charge in [-0.15, -0.1) is 0 Å². The molecule has 0 aliphatic heterocycles. The summed E-state index contributed by atoms with van der Waals surface area (Å²) in [5.74, 6) is -11.1. The van der Waals surface area contributed by atoms with Crippen molar-refractivity contribution in [2.45, 2.75) is 6.92 Å². The van der Waals surface area contributed by atoms with Crippen LogP contribution in [0.4, 0.5) is 27.6 Å². The molecule has 0 saturated carbocycles. The molecule has 5 nitrogen and oxygen atoms in total. The van der Waals surface area contributed by atoms with Crippen molar-refractivity contribution in [1.82, 2.24) is 5.43 Å². The Morgan fingerprint density at radius 1 is 0.846 bits per heavy atom. The second-order valence-corrected chi connectivity index (χ2v) is 5.03. The smallest absolute Gasteiger partial charge is 0.269 e. The van der Waals surface area contributed by atoms with Gasteiger partial charge in [0.05, 0.1) is 14.2 Å². The van der Waals surface area contributed by atoms with Gasteiger partial charge in [-0.25, -0.2) is 22.0 Å². The summed E-state index contributed by atoms with van der Waals surface area (Å²) in [4.78, 5) is 12.1. The molecule has 0 unspecified atom stereocenters. The van der Waals surface area contributed by atoms with Crippen LogP contribution in [0.15, 0.2) is 12.1 Å². The number of halogens is 5. The maximum absolute atomic E-state index is 13.6. The summed E-state index contributed by atoms with van der Waals surface area (Å²) in [7, 11) is 2.72. The number of nitrogens with one attached hydrogen (secondary N) is 2. The number of rotatable bonds is 5. The molecule has 0 atom stereocenters. The zero-order chi connectivity index (χ0) is 19.6. The maximum atomic E-state index is 13.6. The minimum atomic E-state index is -2.30. The average Bonchev–Trinajstić information content (AvgIpc) is 2.64. The zero-order valence-corrected chi connectivity index (χ0v) is 13.8. The van der Waals surface area contributed by atoms with Crippen LogP contribution in [-0.4, -0.2) is 20.1 Å². The summed E-state index contributed by atoms with van der Waals surface area (Å²) in [6, 6.07) is 2.63. The first kappa shape index (κ1) is 19.3. The van der Waals surface area contributed by atoms with E-state index in [9.17, 15) is 26.7 Å². The number of ether oxygens (including phenoxy) is 2. The molecule has 2 N–H and O–H groups in total. The number of hydrogen-bond donors (Lipinski definition) is 2. The highest BCUT2D eigenvalue weighted by molar-refractivity contribution is 5.96. The van der Waals surface area contributed by atoms with Gasteiger partial charge in [-0.3, -0.25) is 15.6 Å². The molecule has 0 aromatic heterocycles. The summed E-state index contributed by atoms with van der Waals surface area (Å²) >= 11 is 0. The molecule has 10 heteroatoms. The second kappa shape index (κ2) is 7.46. The van der Waals surface area contributed by atoms with Crippen molar-refractivity contribution in [3.63, 3.8) is 0 Å². The third-order valence-electron chi connectivity index (χ3n) is 3.53. The van der Waals surface area contributed by atoms with Crippen LogP contribution in [0.25, 0.3) is 0 Å². The standard InChI is InChI=1S/C16H13F5N2O3/c1-6-8(25-2)4-7(5-9(6)26-3)16(24)23-22-15-13(20)11(18)10(17)12(19)14(15)21/h4-5,22H,1-3H3,(H,23,24). The largest absolute Gasteiger partial charge is 0.496 e. The number of methoxy groups -OCH3 is 2. The van der Waals surface area contributed by atoms with E-state index in [-0.39, 0.29) is 5.56 Å². The van der Waals surface area contributed by atoms with Crippen molar-refractivity contribution < 1.29 is 36.2 Å². The number of carbonyl (C=O) groups is 1. The molecule has 26 heavy (non-hydrogen) atoms. The fourth-order valence-corrected chi connectivity index (χ4v) is 2.12. The van der Waals surface area contributed by atoms with Crippen molar-refractivity contribution in [3.8, 4) is 11.5 Å². The third kappa shape index (κ3) is 3.35. The van der Waals surface area contributed by atoms with Gasteiger partial charge in [0.25, 0.3) is 5.91 Å². The van der Waals surface area contributed by atoms with Crippen LogP contribution < -0.4 is 20.3 Å². The topological polar surface area (TPSA) is 59.6 Å². The number of amides is 1. The number of anilines is 1. The van der Waals surface area contributed by atoms with Crippen LogP contribution in [0, 0.1) is 36.0 Å². The molecule has 0 radical (unpaired) electrons. The van der Waals surface area contributed by atoms with Gasteiger partial charge in [0, 0.05) is 11.1 Å². The van der Waals surface area contributed by atoms with Gasteiger partial charge in [0.1, 0.15) is 17.2 Å². The first-order valence-corrected chi connectivity index (χ1v) is 7.03. The quantitative estimate of drug-likeness (QED) is 0.363. The van der Waals surface area contributed by atoms with Crippen molar-refractivity contribution in [2.24, 2.45) is 0 Å². The number of hydrazine groups is 1. The van der Waals surface area contributed by atoms with Gasteiger partial charge in [0.15, 0.2) is 23.3 Å². The molecule has 0 saturated heterocycles. The fraction of sp³-hybridized carbons (Fsp3) is 0.188. The van der Waals surface area contributed by atoms with E-state index in [1.54, 1.807) is 12.3 Å². The lowest BCUT2D eigenvalue weighted by Crippen LogP contribution is -2.31. The van der Waals surface area contributed by atoms with Crippen LogP contribution in [0.5, 0.6) is 11.5 Å². The summed E-state index contributed by atoms with van der Waals surface area (Å²) in [6.45, 7) is 1.67. The van der Waals surface area contributed by atoms with Gasteiger partial charge < -0.3 is 9.47 Å². The van der Waals surface area contributed by atoms with Crippen LogP contribution in [0.1, 0.15) is 15.9 Å². The van der Waals surface area contributed by atoms with E-state index < -0.39 is 40.7 Å². The summed E-state index contributed by atoms with van der Waals surface area (Å²) in [5, 5.41) is 0. The molecule has 0 aliphatic rings. The highest BCUT2D eigenvalue weighted by atomic mass is 19.2. The summed E-state index contributed by atoms with van der Waals surface area (Å²) in [5.41, 5.74) is 2.72. The monoisotopic (exact) mass is 376 g/mol.